The fraction of sp³-hybridized carbons (Fsp3) is 0.600. The third kappa shape index (κ3) is 4.02. The van der Waals surface area contributed by atoms with Gasteiger partial charge >= 0.3 is 5.69 Å². The lowest BCUT2D eigenvalue weighted by atomic mass is 10.4. The lowest BCUT2D eigenvalue weighted by molar-refractivity contribution is 0.603. The highest BCUT2D eigenvalue weighted by molar-refractivity contribution is 7.99. The number of hydrogen-bond acceptors (Lipinski definition) is 5. The molecule has 0 fully saturated rings. The van der Waals surface area contributed by atoms with Gasteiger partial charge in [0.25, 0.3) is 5.56 Å². The van der Waals surface area contributed by atoms with Crippen molar-refractivity contribution in [2.45, 2.75) is 5.75 Å². The van der Waals surface area contributed by atoms with Crippen LogP contribution >= 0.6 is 11.8 Å². The minimum atomic E-state index is -2.97. The summed E-state index contributed by atoms with van der Waals surface area (Å²) in [6.07, 6.45) is 1.18. The zero-order valence-corrected chi connectivity index (χ0v) is 12.2. The Morgan fingerprint density at radius 3 is 2.39 bits per heavy atom. The molecule has 0 radical (unpaired) electrons. The molecular formula is C10H16N2O4S2. The van der Waals surface area contributed by atoms with Gasteiger partial charge in [-0.25, -0.2) is 13.2 Å². The van der Waals surface area contributed by atoms with Crippen molar-refractivity contribution in [2.24, 2.45) is 14.1 Å². The molecule has 0 atom stereocenters. The Morgan fingerprint density at radius 2 is 1.83 bits per heavy atom. The van der Waals surface area contributed by atoms with Gasteiger partial charge in [-0.3, -0.25) is 13.9 Å². The molecule has 6 nitrogen and oxygen atoms in total. The minimum Gasteiger partial charge on any atom is -0.300 e. The van der Waals surface area contributed by atoms with Crippen LogP contribution in [-0.4, -0.2) is 35.3 Å². The summed E-state index contributed by atoms with van der Waals surface area (Å²) in [6.45, 7) is 0. The molecule has 18 heavy (non-hydrogen) atoms. The molecule has 0 aliphatic rings. The monoisotopic (exact) mass is 292 g/mol. The van der Waals surface area contributed by atoms with Crippen LogP contribution in [0.2, 0.25) is 0 Å². The van der Waals surface area contributed by atoms with E-state index in [0.29, 0.717) is 17.2 Å². The van der Waals surface area contributed by atoms with Crippen molar-refractivity contribution >= 4 is 21.6 Å². The van der Waals surface area contributed by atoms with Crippen molar-refractivity contribution in [3.63, 3.8) is 0 Å². The van der Waals surface area contributed by atoms with E-state index in [9.17, 15) is 18.0 Å². The molecule has 1 rings (SSSR count). The standard InChI is InChI=1S/C10H16N2O4S2/c1-11-8(6-9(13)12(2)10(11)14)7-17-4-5-18(3,15)16/h6H,4-5,7H2,1-3H3. The fourth-order valence-electron chi connectivity index (χ4n) is 1.30. The average Bonchev–Trinajstić information content (AvgIpc) is 2.26. The van der Waals surface area contributed by atoms with Crippen LogP contribution in [0.3, 0.4) is 0 Å². The van der Waals surface area contributed by atoms with Crippen molar-refractivity contribution in [2.75, 3.05) is 17.8 Å². The highest BCUT2D eigenvalue weighted by Gasteiger charge is 2.07. The van der Waals surface area contributed by atoms with Crippen LogP contribution in [0.15, 0.2) is 15.7 Å². The van der Waals surface area contributed by atoms with E-state index in [1.807, 2.05) is 0 Å². The summed E-state index contributed by atoms with van der Waals surface area (Å²) in [5, 5.41) is 0. The first kappa shape index (κ1) is 15.0. The highest BCUT2D eigenvalue weighted by Crippen LogP contribution is 2.09. The Bertz CT molecular complexity index is 643. The van der Waals surface area contributed by atoms with E-state index in [2.05, 4.69) is 0 Å². The highest BCUT2D eigenvalue weighted by atomic mass is 32.2. The van der Waals surface area contributed by atoms with Crippen molar-refractivity contribution in [3.05, 3.63) is 32.6 Å². The molecule has 0 N–H and O–H groups in total. The summed E-state index contributed by atoms with van der Waals surface area (Å²) in [7, 11) is 0.0464. The van der Waals surface area contributed by atoms with E-state index in [1.54, 1.807) is 7.05 Å². The Balaban J connectivity index is 2.75. The molecule has 1 aromatic rings. The van der Waals surface area contributed by atoms with Crippen molar-refractivity contribution in [1.82, 2.24) is 9.13 Å². The second-order valence-electron chi connectivity index (χ2n) is 4.06. The molecule has 0 spiro atoms. The van der Waals surface area contributed by atoms with Crippen LogP contribution in [-0.2, 0) is 29.7 Å². The number of thioether (sulfide) groups is 1. The molecule has 0 unspecified atom stereocenters. The van der Waals surface area contributed by atoms with Gasteiger partial charge < -0.3 is 0 Å². The minimum absolute atomic E-state index is 0.0937. The van der Waals surface area contributed by atoms with E-state index in [4.69, 9.17) is 0 Å². The molecule has 0 aliphatic heterocycles. The predicted molar refractivity (Wildman–Crippen MR) is 72.8 cm³/mol. The van der Waals surface area contributed by atoms with E-state index in [0.717, 1.165) is 4.57 Å². The van der Waals surface area contributed by atoms with E-state index in [-0.39, 0.29) is 17.0 Å². The fourth-order valence-corrected chi connectivity index (χ4v) is 3.62. The van der Waals surface area contributed by atoms with E-state index < -0.39 is 9.84 Å². The van der Waals surface area contributed by atoms with Gasteiger partial charge in [-0.2, -0.15) is 11.8 Å². The zero-order chi connectivity index (χ0) is 13.9. The molecule has 1 heterocycles. The third-order valence-electron chi connectivity index (χ3n) is 2.47. The maximum Gasteiger partial charge on any atom is 0.330 e. The first-order chi connectivity index (χ1) is 8.22. The van der Waals surface area contributed by atoms with Gasteiger partial charge in [-0.05, 0) is 0 Å². The van der Waals surface area contributed by atoms with Gasteiger partial charge in [0.1, 0.15) is 9.84 Å². The molecular weight excluding hydrogens is 276 g/mol. The molecule has 102 valence electrons. The van der Waals surface area contributed by atoms with Gasteiger partial charge in [-0.15, -0.1) is 0 Å². The number of sulfone groups is 1. The molecule has 1 aromatic heterocycles. The third-order valence-corrected chi connectivity index (χ3v) is 4.67. The summed E-state index contributed by atoms with van der Waals surface area (Å²) in [5.41, 5.74) is -0.125. The zero-order valence-electron chi connectivity index (χ0n) is 10.5. The summed E-state index contributed by atoms with van der Waals surface area (Å²) in [5.74, 6) is 0.982. The van der Waals surface area contributed by atoms with Crippen LogP contribution < -0.4 is 11.2 Å². The average molecular weight is 292 g/mol. The molecule has 0 saturated carbocycles. The Labute approximate surface area is 110 Å². The number of nitrogens with zero attached hydrogens (tertiary/aromatic N) is 2. The lowest BCUT2D eigenvalue weighted by Crippen LogP contribution is -2.37. The normalized spacial score (nSPS) is 11.7. The van der Waals surface area contributed by atoms with Crippen LogP contribution in [0.1, 0.15) is 5.69 Å². The van der Waals surface area contributed by atoms with E-state index >= 15 is 0 Å². The summed E-state index contributed by atoms with van der Waals surface area (Å²) < 4.78 is 24.3. The molecule has 0 amide bonds. The number of aromatic nitrogens is 2. The lowest BCUT2D eigenvalue weighted by Gasteiger charge is -2.08. The maximum atomic E-state index is 11.6. The summed E-state index contributed by atoms with van der Waals surface area (Å²) in [6, 6.07) is 1.40. The Kier molecular flexibility index (Phi) is 4.80. The molecule has 0 aromatic carbocycles. The topological polar surface area (TPSA) is 78.1 Å². The number of hydrogen-bond donors (Lipinski definition) is 0. The molecule has 8 heteroatoms. The van der Waals surface area contributed by atoms with Crippen molar-refractivity contribution in [3.8, 4) is 0 Å². The Morgan fingerprint density at radius 1 is 1.22 bits per heavy atom. The van der Waals surface area contributed by atoms with Gasteiger partial charge in [0.15, 0.2) is 0 Å². The van der Waals surface area contributed by atoms with Crippen LogP contribution in [0.25, 0.3) is 0 Å². The summed E-state index contributed by atoms with van der Waals surface area (Å²) in [4.78, 5) is 23.1. The SMILES string of the molecule is Cn1c(CSCCS(C)(=O)=O)cc(=O)n(C)c1=O. The van der Waals surface area contributed by atoms with Crippen LogP contribution in [0.4, 0.5) is 0 Å². The maximum absolute atomic E-state index is 11.6. The molecule has 0 bridgehead atoms. The summed E-state index contributed by atoms with van der Waals surface area (Å²) >= 11 is 1.38. The first-order valence-electron chi connectivity index (χ1n) is 5.24. The van der Waals surface area contributed by atoms with Gasteiger partial charge in [-0.1, -0.05) is 0 Å². The largest absolute Gasteiger partial charge is 0.330 e. The quantitative estimate of drug-likeness (QED) is 0.675. The smallest absolute Gasteiger partial charge is 0.300 e. The van der Waals surface area contributed by atoms with Crippen LogP contribution in [0.5, 0.6) is 0 Å². The van der Waals surface area contributed by atoms with Gasteiger partial charge in [0.05, 0.1) is 5.75 Å². The number of rotatable bonds is 5. The molecule has 0 aliphatic carbocycles. The van der Waals surface area contributed by atoms with Gasteiger partial charge in [0.2, 0.25) is 0 Å². The van der Waals surface area contributed by atoms with E-state index in [1.165, 1.54) is 35.7 Å². The predicted octanol–water partition coefficient (Wildman–Crippen LogP) is -0.638. The second-order valence-corrected chi connectivity index (χ2v) is 7.42. The van der Waals surface area contributed by atoms with Crippen molar-refractivity contribution in [1.29, 1.82) is 0 Å². The molecule has 0 saturated heterocycles. The van der Waals surface area contributed by atoms with Crippen LogP contribution in [0, 0.1) is 0 Å². The second kappa shape index (κ2) is 5.75. The van der Waals surface area contributed by atoms with Crippen molar-refractivity contribution < 1.29 is 8.42 Å². The first-order valence-corrected chi connectivity index (χ1v) is 8.45. The Hall–Kier alpha value is -1.02. The van der Waals surface area contributed by atoms with Gasteiger partial charge in [0, 0.05) is 43.6 Å².